The van der Waals surface area contributed by atoms with E-state index in [0.717, 1.165) is 24.3 Å². The molecule has 7 heteroatoms. The van der Waals surface area contributed by atoms with Crippen molar-refractivity contribution in [1.82, 2.24) is 23.5 Å². The summed E-state index contributed by atoms with van der Waals surface area (Å²) in [4.78, 5) is 31.3. The van der Waals surface area contributed by atoms with Gasteiger partial charge in [-0.05, 0) is 37.5 Å². The van der Waals surface area contributed by atoms with Crippen LogP contribution < -0.4 is 11.2 Å². The number of fused-ring (bicyclic) bond motifs is 3. The Labute approximate surface area is 145 Å². The highest BCUT2D eigenvalue weighted by atomic mass is 16.2. The predicted molar refractivity (Wildman–Crippen MR) is 97.1 cm³/mol. The molecule has 1 N–H and O–H groups in total. The highest BCUT2D eigenvalue weighted by molar-refractivity contribution is 5.75. The van der Waals surface area contributed by atoms with Gasteiger partial charge in [0.25, 0.3) is 5.56 Å². The quantitative estimate of drug-likeness (QED) is 0.737. The van der Waals surface area contributed by atoms with E-state index >= 15 is 0 Å². The van der Waals surface area contributed by atoms with E-state index in [0.29, 0.717) is 23.1 Å². The lowest BCUT2D eigenvalue weighted by molar-refractivity contribution is 0.138. The van der Waals surface area contributed by atoms with Crippen LogP contribution >= 0.6 is 0 Å². The van der Waals surface area contributed by atoms with Crippen LogP contribution in [0.3, 0.4) is 0 Å². The number of nitrogens with zero attached hydrogens (tertiary/aromatic N) is 4. The van der Waals surface area contributed by atoms with E-state index in [1.54, 1.807) is 7.05 Å². The van der Waals surface area contributed by atoms with Crippen molar-refractivity contribution in [3.63, 3.8) is 0 Å². The molecule has 2 atom stereocenters. The van der Waals surface area contributed by atoms with Crippen LogP contribution in [-0.4, -0.2) is 23.5 Å². The molecule has 7 nitrogen and oxygen atoms in total. The summed E-state index contributed by atoms with van der Waals surface area (Å²) in [6.45, 7) is 9.01. The van der Waals surface area contributed by atoms with Gasteiger partial charge in [-0.3, -0.25) is 18.7 Å². The number of imidazole rings is 2. The van der Waals surface area contributed by atoms with E-state index in [9.17, 15) is 9.59 Å². The third kappa shape index (κ3) is 2.36. The molecule has 3 aromatic heterocycles. The highest BCUT2D eigenvalue weighted by Gasteiger charge is 2.34. The summed E-state index contributed by atoms with van der Waals surface area (Å²) in [6, 6.07) is 0.351. The molecule has 1 saturated carbocycles. The number of hydrogen-bond donors (Lipinski definition) is 1. The molecule has 0 aromatic carbocycles. The molecule has 0 bridgehead atoms. The normalized spacial score (nSPS) is 23.6. The largest absolute Gasteiger partial charge is 0.329 e. The number of hydrogen-bond acceptors (Lipinski definition) is 3. The molecule has 25 heavy (non-hydrogen) atoms. The Morgan fingerprint density at radius 1 is 1.28 bits per heavy atom. The Hall–Kier alpha value is -2.31. The van der Waals surface area contributed by atoms with E-state index in [4.69, 9.17) is 0 Å². The second-order valence-electron chi connectivity index (χ2n) is 8.48. The Morgan fingerprint density at radius 3 is 2.68 bits per heavy atom. The molecule has 0 spiro atoms. The standard InChI is InChI=1S/C18H25N5O2/c1-10-6-12(8-18(3,4)7-10)23-11(2)9-22-13-14(19-16(22)23)21(5)17(25)20-15(13)24/h9-10,12H,6-8H2,1-5H3,(H,20,24,25)/t10-,12+/m1/s1. The van der Waals surface area contributed by atoms with Gasteiger partial charge in [-0.15, -0.1) is 0 Å². The lowest BCUT2D eigenvalue weighted by atomic mass is 9.70. The third-order valence-electron chi connectivity index (χ3n) is 5.57. The Bertz CT molecular complexity index is 1090. The van der Waals surface area contributed by atoms with Crippen LogP contribution in [0.2, 0.25) is 0 Å². The molecule has 1 aliphatic rings. The Balaban J connectivity index is 1.99. The van der Waals surface area contributed by atoms with E-state index in [2.05, 4.69) is 42.2 Å². The maximum Gasteiger partial charge on any atom is 0.329 e. The van der Waals surface area contributed by atoms with Crippen LogP contribution in [0.5, 0.6) is 0 Å². The van der Waals surface area contributed by atoms with Crippen LogP contribution in [-0.2, 0) is 7.05 Å². The molecule has 1 aliphatic carbocycles. The summed E-state index contributed by atoms with van der Waals surface area (Å²) in [7, 11) is 1.63. The molecule has 0 amide bonds. The molecule has 0 unspecified atom stereocenters. The second-order valence-corrected chi connectivity index (χ2v) is 8.48. The Kier molecular flexibility index (Phi) is 3.30. The van der Waals surface area contributed by atoms with Gasteiger partial charge in [-0.25, -0.2) is 4.79 Å². The average Bonchev–Trinajstić information content (AvgIpc) is 2.97. The number of rotatable bonds is 1. The first-order valence-electron chi connectivity index (χ1n) is 8.87. The van der Waals surface area contributed by atoms with Crippen molar-refractivity contribution in [2.45, 2.75) is 53.0 Å². The van der Waals surface area contributed by atoms with E-state index in [-0.39, 0.29) is 11.0 Å². The minimum Gasteiger partial charge on any atom is -0.311 e. The zero-order valence-electron chi connectivity index (χ0n) is 15.5. The number of aromatic nitrogens is 5. The SMILES string of the molecule is Cc1cn2c3c(=O)[nH]c(=O)n(C)c3nc2n1[C@H]1C[C@@H](C)CC(C)(C)C1. The number of aryl methyl sites for hydroxylation is 2. The number of nitrogens with one attached hydrogen (secondary N) is 1. The zero-order valence-corrected chi connectivity index (χ0v) is 15.5. The van der Waals surface area contributed by atoms with Crippen LogP contribution in [0.15, 0.2) is 15.8 Å². The van der Waals surface area contributed by atoms with Gasteiger partial charge in [-0.1, -0.05) is 20.8 Å². The summed E-state index contributed by atoms with van der Waals surface area (Å²) < 4.78 is 5.48. The predicted octanol–water partition coefficient (Wildman–Crippen LogP) is 2.37. The lowest BCUT2D eigenvalue weighted by Crippen LogP contribution is -2.29. The minimum absolute atomic E-state index is 0.284. The van der Waals surface area contributed by atoms with Crippen LogP contribution in [0.4, 0.5) is 0 Å². The second kappa shape index (κ2) is 5.09. The van der Waals surface area contributed by atoms with Crippen molar-refractivity contribution in [3.8, 4) is 0 Å². The number of aromatic amines is 1. The fourth-order valence-corrected chi connectivity index (χ4v) is 4.83. The molecule has 134 valence electrons. The maximum atomic E-state index is 12.3. The van der Waals surface area contributed by atoms with Gasteiger partial charge in [0, 0.05) is 25.0 Å². The van der Waals surface area contributed by atoms with Gasteiger partial charge in [0.1, 0.15) is 0 Å². The van der Waals surface area contributed by atoms with Gasteiger partial charge >= 0.3 is 5.69 Å². The van der Waals surface area contributed by atoms with Gasteiger partial charge in [0.15, 0.2) is 11.2 Å². The monoisotopic (exact) mass is 343 g/mol. The van der Waals surface area contributed by atoms with E-state index in [1.807, 2.05) is 10.6 Å². The molecule has 3 aromatic rings. The summed E-state index contributed by atoms with van der Waals surface area (Å²) >= 11 is 0. The summed E-state index contributed by atoms with van der Waals surface area (Å²) in [5.41, 5.74) is 1.41. The molecular weight excluding hydrogens is 318 g/mol. The van der Waals surface area contributed by atoms with Crippen LogP contribution in [0.25, 0.3) is 16.9 Å². The van der Waals surface area contributed by atoms with Gasteiger partial charge in [0.05, 0.1) is 0 Å². The zero-order chi connectivity index (χ0) is 18.1. The van der Waals surface area contributed by atoms with Crippen molar-refractivity contribution in [1.29, 1.82) is 0 Å². The Morgan fingerprint density at radius 2 is 2.00 bits per heavy atom. The molecule has 3 heterocycles. The fraction of sp³-hybridized carbons (Fsp3) is 0.611. The summed E-state index contributed by atoms with van der Waals surface area (Å²) in [6.07, 6.45) is 5.37. The van der Waals surface area contributed by atoms with Crippen molar-refractivity contribution in [3.05, 3.63) is 32.7 Å². The topological polar surface area (TPSA) is 77.1 Å². The summed E-state index contributed by atoms with van der Waals surface area (Å²) in [5, 5.41) is 0. The van der Waals surface area contributed by atoms with Crippen LogP contribution in [0.1, 0.15) is 51.8 Å². The van der Waals surface area contributed by atoms with Gasteiger partial charge in [0.2, 0.25) is 5.78 Å². The molecular formula is C18H25N5O2. The molecule has 0 radical (unpaired) electrons. The molecule has 0 saturated heterocycles. The van der Waals surface area contributed by atoms with Crippen molar-refractivity contribution in [2.24, 2.45) is 18.4 Å². The first-order valence-corrected chi connectivity index (χ1v) is 8.87. The third-order valence-corrected chi connectivity index (χ3v) is 5.57. The van der Waals surface area contributed by atoms with E-state index < -0.39 is 5.69 Å². The molecule has 0 aliphatic heterocycles. The minimum atomic E-state index is -0.436. The van der Waals surface area contributed by atoms with Crippen molar-refractivity contribution < 1.29 is 0 Å². The molecule has 4 rings (SSSR count). The molecule has 1 fully saturated rings. The average molecular weight is 343 g/mol. The van der Waals surface area contributed by atoms with E-state index in [1.165, 1.54) is 11.0 Å². The maximum absolute atomic E-state index is 12.3. The summed E-state index contributed by atoms with van der Waals surface area (Å²) in [5.74, 6) is 1.39. The highest BCUT2D eigenvalue weighted by Crippen LogP contribution is 2.44. The van der Waals surface area contributed by atoms with Crippen LogP contribution in [0, 0.1) is 18.3 Å². The van der Waals surface area contributed by atoms with Crippen molar-refractivity contribution >= 4 is 16.9 Å². The lowest BCUT2D eigenvalue weighted by Gasteiger charge is -2.39. The first-order chi connectivity index (χ1) is 11.7. The van der Waals surface area contributed by atoms with Crippen molar-refractivity contribution in [2.75, 3.05) is 0 Å². The smallest absolute Gasteiger partial charge is 0.311 e. The number of H-pyrrole nitrogens is 1. The van der Waals surface area contributed by atoms with Gasteiger partial charge < -0.3 is 4.57 Å². The fourth-order valence-electron chi connectivity index (χ4n) is 4.83. The first kappa shape index (κ1) is 16.2. The van der Waals surface area contributed by atoms with Gasteiger partial charge in [-0.2, -0.15) is 4.98 Å².